The quantitative estimate of drug-likeness (QED) is 0.670. The molecule has 0 aromatic rings. The molecule has 4 aliphatic rings. The Balaban J connectivity index is 1.67. The zero-order valence-electron chi connectivity index (χ0n) is 13.5. The van der Waals surface area contributed by atoms with E-state index in [-0.39, 0.29) is 23.0 Å². The maximum Gasteiger partial charge on any atom is 0.0724 e. The average Bonchev–Trinajstić information content (AvgIpc) is 2.76. The van der Waals surface area contributed by atoms with E-state index in [2.05, 4.69) is 26.0 Å². The number of allylic oxidation sites excluding steroid dienone is 1. The van der Waals surface area contributed by atoms with E-state index in [1.165, 1.54) is 32.1 Å². The molecular weight excluding hydrogens is 260 g/mol. The molecular formula is C19H30O2. The Labute approximate surface area is 128 Å². The highest BCUT2D eigenvalue weighted by Crippen LogP contribution is 2.65. The van der Waals surface area contributed by atoms with Gasteiger partial charge in [-0.15, -0.1) is 0 Å². The minimum absolute atomic E-state index is 0.0716. The lowest BCUT2D eigenvalue weighted by atomic mass is 9.46. The Bertz CT molecular complexity index is 458. The van der Waals surface area contributed by atoms with Crippen LogP contribution in [0.2, 0.25) is 0 Å². The van der Waals surface area contributed by atoms with Crippen LogP contribution in [-0.2, 0) is 0 Å². The van der Waals surface area contributed by atoms with E-state index in [0.29, 0.717) is 5.92 Å². The summed E-state index contributed by atoms with van der Waals surface area (Å²) in [7, 11) is 0. The summed E-state index contributed by atoms with van der Waals surface area (Å²) in [6.07, 6.45) is 12.4. The lowest BCUT2D eigenvalue weighted by Crippen LogP contribution is -2.53. The predicted octanol–water partition coefficient (Wildman–Crippen LogP) is 3.53. The molecule has 0 heterocycles. The molecule has 0 aromatic carbocycles. The van der Waals surface area contributed by atoms with Crippen LogP contribution in [0.1, 0.15) is 58.8 Å². The Morgan fingerprint density at radius 3 is 2.57 bits per heavy atom. The van der Waals surface area contributed by atoms with Gasteiger partial charge in [-0.25, -0.2) is 0 Å². The average molecular weight is 290 g/mol. The highest BCUT2D eigenvalue weighted by molar-refractivity contribution is 5.17. The summed E-state index contributed by atoms with van der Waals surface area (Å²) < 4.78 is 0. The van der Waals surface area contributed by atoms with Crippen molar-refractivity contribution in [1.82, 2.24) is 0 Å². The molecule has 0 radical (unpaired) electrons. The summed E-state index contributed by atoms with van der Waals surface area (Å²) in [5.41, 5.74) is 0.472. The molecule has 2 heteroatoms. The summed E-state index contributed by atoms with van der Waals surface area (Å²) in [5, 5.41) is 20.4. The van der Waals surface area contributed by atoms with Gasteiger partial charge in [-0.05, 0) is 79.4 Å². The third kappa shape index (κ3) is 1.84. The third-order valence-electron chi connectivity index (χ3n) is 8.12. The van der Waals surface area contributed by atoms with Crippen LogP contribution in [0.25, 0.3) is 0 Å². The van der Waals surface area contributed by atoms with Gasteiger partial charge in [0.15, 0.2) is 0 Å². The van der Waals surface area contributed by atoms with Crippen molar-refractivity contribution >= 4 is 0 Å². The largest absolute Gasteiger partial charge is 0.393 e. The molecule has 8 atom stereocenters. The first-order valence-electron chi connectivity index (χ1n) is 9.00. The number of hydrogen-bond acceptors (Lipinski definition) is 2. The van der Waals surface area contributed by atoms with E-state index >= 15 is 0 Å². The molecule has 2 nitrogen and oxygen atoms in total. The lowest BCUT2D eigenvalue weighted by Gasteiger charge is -2.59. The molecule has 21 heavy (non-hydrogen) atoms. The zero-order chi connectivity index (χ0) is 14.8. The van der Waals surface area contributed by atoms with Crippen molar-refractivity contribution in [2.24, 2.45) is 34.5 Å². The molecule has 0 spiro atoms. The highest BCUT2D eigenvalue weighted by atomic mass is 16.3. The summed E-state index contributed by atoms with van der Waals surface area (Å²) in [4.78, 5) is 0. The summed E-state index contributed by atoms with van der Waals surface area (Å²) in [6.45, 7) is 4.80. The van der Waals surface area contributed by atoms with Crippen molar-refractivity contribution in [3.05, 3.63) is 12.2 Å². The minimum Gasteiger partial charge on any atom is -0.393 e. The van der Waals surface area contributed by atoms with Gasteiger partial charge in [-0.3, -0.25) is 0 Å². The van der Waals surface area contributed by atoms with Crippen LogP contribution in [-0.4, -0.2) is 22.4 Å². The van der Waals surface area contributed by atoms with Crippen LogP contribution in [0.4, 0.5) is 0 Å². The number of aliphatic hydroxyl groups is 2. The van der Waals surface area contributed by atoms with Gasteiger partial charge in [0.05, 0.1) is 12.2 Å². The maximum absolute atomic E-state index is 10.5. The fourth-order valence-electron chi connectivity index (χ4n) is 6.76. The van der Waals surface area contributed by atoms with Crippen molar-refractivity contribution in [2.75, 3.05) is 0 Å². The monoisotopic (exact) mass is 290 g/mol. The van der Waals surface area contributed by atoms with Crippen molar-refractivity contribution in [3.63, 3.8) is 0 Å². The first-order valence-corrected chi connectivity index (χ1v) is 9.00. The zero-order valence-corrected chi connectivity index (χ0v) is 13.5. The van der Waals surface area contributed by atoms with Crippen LogP contribution in [0.15, 0.2) is 12.2 Å². The number of aliphatic hydroxyl groups excluding tert-OH is 2. The molecule has 3 saturated carbocycles. The Kier molecular flexibility index (Phi) is 3.11. The predicted molar refractivity (Wildman–Crippen MR) is 83.6 cm³/mol. The molecule has 8 unspecified atom stereocenters. The second-order valence-electron chi connectivity index (χ2n) is 8.82. The normalized spacial score (nSPS) is 59.2. The van der Waals surface area contributed by atoms with Gasteiger partial charge in [0.1, 0.15) is 0 Å². The second kappa shape index (κ2) is 4.58. The van der Waals surface area contributed by atoms with Gasteiger partial charge >= 0.3 is 0 Å². The first kappa shape index (κ1) is 14.3. The Hall–Kier alpha value is -0.340. The molecule has 0 bridgehead atoms. The van der Waals surface area contributed by atoms with Crippen molar-refractivity contribution in [3.8, 4) is 0 Å². The van der Waals surface area contributed by atoms with Crippen LogP contribution >= 0.6 is 0 Å². The number of hydrogen-bond donors (Lipinski definition) is 2. The van der Waals surface area contributed by atoms with Gasteiger partial charge in [0.2, 0.25) is 0 Å². The van der Waals surface area contributed by atoms with Gasteiger partial charge in [-0.1, -0.05) is 26.0 Å². The van der Waals surface area contributed by atoms with Crippen molar-refractivity contribution < 1.29 is 10.2 Å². The Morgan fingerprint density at radius 2 is 1.76 bits per heavy atom. The number of fused-ring (bicyclic) bond motifs is 5. The SMILES string of the molecule is CC12C=CC(O)CC1CCC1C2CCC2(C)C(O)CCC12. The van der Waals surface area contributed by atoms with Crippen LogP contribution in [0.3, 0.4) is 0 Å². The summed E-state index contributed by atoms with van der Waals surface area (Å²) in [5.74, 6) is 2.95. The summed E-state index contributed by atoms with van der Waals surface area (Å²) in [6, 6.07) is 0. The smallest absolute Gasteiger partial charge is 0.0724 e. The molecule has 3 fully saturated rings. The molecule has 4 aliphatic carbocycles. The first-order chi connectivity index (χ1) is 9.95. The fourth-order valence-corrected chi connectivity index (χ4v) is 6.76. The fraction of sp³-hybridized carbons (Fsp3) is 0.895. The van der Waals surface area contributed by atoms with E-state index in [9.17, 15) is 10.2 Å². The van der Waals surface area contributed by atoms with Crippen LogP contribution < -0.4 is 0 Å². The summed E-state index contributed by atoms with van der Waals surface area (Å²) >= 11 is 0. The van der Waals surface area contributed by atoms with Crippen LogP contribution in [0.5, 0.6) is 0 Å². The standard InChI is InChI=1S/C19H30O2/c1-18-9-7-13(20)11-12(18)3-4-14-15-5-6-17(21)19(15,2)10-8-16(14)18/h7,9,12-17,20-21H,3-6,8,10-11H2,1-2H3. The van der Waals surface area contributed by atoms with Gasteiger partial charge in [-0.2, -0.15) is 0 Å². The van der Waals surface area contributed by atoms with Gasteiger partial charge < -0.3 is 10.2 Å². The maximum atomic E-state index is 10.5. The van der Waals surface area contributed by atoms with Gasteiger partial charge in [0, 0.05) is 0 Å². The third-order valence-corrected chi connectivity index (χ3v) is 8.12. The van der Waals surface area contributed by atoms with E-state index in [1.807, 2.05) is 0 Å². The molecule has 0 amide bonds. The number of rotatable bonds is 0. The molecule has 118 valence electrons. The van der Waals surface area contributed by atoms with E-state index in [1.54, 1.807) is 0 Å². The molecule has 0 aliphatic heterocycles. The van der Waals surface area contributed by atoms with E-state index in [0.717, 1.165) is 30.6 Å². The molecule has 0 saturated heterocycles. The van der Waals surface area contributed by atoms with Crippen molar-refractivity contribution in [2.45, 2.75) is 71.0 Å². The highest BCUT2D eigenvalue weighted by Gasteiger charge is 2.59. The minimum atomic E-state index is -0.221. The van der Waals surface area contributed by atoms with Crippen molar-refractivity contribution in [1.29, 1.82) is 0 Å². The van der Waals surface area contributed by atoms with Crippen LogP contribution in [0, 0.1) is 34.5 Å². The Morgan fingerprint density at radius 1 is 0.952 bits per heavy atom. The van der Waals surface area contributed by atoms with E-state index in [4.69, 9.17) is 0 Å². The topological polar surface area (TPSA) is 40.5 Å². The van der Waals surface area contributed by atoms with Gasteiger partial charge in [0.25, 0.3) is 0 Å². The molecule has 0 aromatic heterocycles. The molecule has 2 N–H and O–H groups in total. The molecule has 4 rings (SSSR count). The van der Waals surface area contributed by atoms with E-state index < -0.39 is 0 Å². The second-order valence-corrected chi connectivity index (χ2v) is 8.82. The lowest BCUT2D eigenvalue weighted by molar-refractivity contribution is -0.0994.